The van der Waals surface area contributed by atoms with Gasteiger partial charge in [0.25, 0.3) is 0 Å². The van der Waals surface area contributed by atoms with Crippen molar-refractivity contribution < 1.29 is 14.3 Å². The third kappa shape index (κ3) is 4.83. The summed E-state index contributed by atoms with van der Waals surface area (Å²) in [6.45, 7) is 4.87. The molecule has 4 nitrogen and oxygen atoms in total. The summed E-state index contributed by atoms with van der Waals surface area (Å²) in [5.74, 6) is -0.324. The topological polar surface area (TPSA) is 46.6 Å². The number of Topliss-reactive ketones (excluding diaryl/α,β-unsaturated/α-hetero) is 1. The SMILES string of the molecule is CCOC(=O)CCC(=O)c1cccc(CN2CC=CC2)c1. The summed E-state index contributed by atoms with van der Waals surface area (Å²) in [5, 5.41) is 0. The Morgan fingerprint density at radius 3 is 2.67 bits per heavy atom. The molecule has 0 spiro atoms. The monoisotopic (exact) mass is 287 g/mol. The van der Waals surface area contributed by atoms with E-state index in [1.54, 1.807) is 13.0 Å². The Labute approximate surface area is 125 Å². The van der Waals surface area contributed by atoms with E-state index in [1.807, 2.05) is 18.2 Å². The number of hydrogen-bond donors (Lipinski definition) is 0. The van der Waals surface area contributed by atoms with Gasteiger partial charge in [0, 0.05) is 31.6 Å². The van der Waals surface area contributed by atoms with Gasteiger partial charge >= 0.3 is 5.97 Å². The van der Waals surface area contributed by atoms with Crippen LogP contribution >= 0.6 is 0 Å². The third-order valence-corrected chi connectivity index (χ3v) is 3.41. The smallest absolute Gasteiger partial charge is 0.306 e. The highest BCUT2D eigenvalue weighted by atomic mass is 16.5. The van der Waals surface area contributed by atoms with E-state index in [2.05, 4.69) is 17.1 Å². The molecular formula is C17H21NO3. The third-order valence-electron chi connectivity index (χ3n) is 3.41. The fourth-order valence-corrected chi connectivity index (χ4v) is 2.35. The lowest BCUT2D eigenvalue weighted by molar-refractivity contribution is -0.143. The van der Waals surface area contributed by atoms with Gasteiger partial charge in [-0.3, -0.25) is 14.5 Å². The zero-order valence-electron chi connectivity index (χ0n) is 12.4. The summed E-state index contributed by atoms with van der Waals surface area (Å²) in [5.41, 5.74) is 1.80. The van der Waals surface area contributed by atoms with Gasteiger partial charge in [0.15, 0.2) is 5.78 Å². The molecule has 0 N–H and O–H groups in total. The highest BCUT2D eigenvalue weighted by Gasteiger charge is 2.12. The minimum Gasteiger partial charge on any atom is -0.466 e. The van der Waals surface area contributed by atoms with Gasteiger partial charge in [-0.15, -0.1) is 0 Å². The van der Waals surface area contributed by atoms with Crippen LogP contribution in [-0.2, 0) is 16.1 Å². The van der Waals surface area contributed by atoms with Crippen molar-refractivity contribution >= 4 is 11.8 Å². The molecule has 0 amide bonds. The van der Waals surface area contributed by atoms with E-state index < -0.39 is 0 Å². The molecule has 1 aliphatic rings. The highest BCUT2D eigenvalue weighted by molar-refractivity contribution is 5.97. The average molecular weight is 287 g/mol. The van der Waals surface area contributed by atoms with Crippen molar-refractivity contribution in [2.45, 2.75) is 26.3 Å². The summed E-state index contributed by atoms with van der Waals surface area (Å²) < 4.78 is 4.84. The number of ether oxygens (including phenoxy) is 1. The average Bonchev–Trinajstić information content (AvgIpc) is 2.98. The second-order valence-electron chi connectivity index (χ2n) is 5.09. The predicted molar refractivity (Wildman–Crippen MR) is 81.1 cm³/mol. The molecule has 1 aromatic rings. The van der Waals surface area contributed by atoms with Crippen LogP contribution in [0.3, 0.4) is 0 Å². The van der Waals surface area contributed by atoms with E-state index in [1.165, 1.54) is 0 Å². The van der Waals surface area contributed by atoms with Crippen LogP contribution in [0.1, 0.15) is 35.7 Å². The van der Waals surface area contributed by atoms with E-state index >= 15 is 0 Å². The number of esters is 1. The largest absolute Gasteiger partial charge is 0.466 e. The van der Waals surface area contributed by atoms with Crippen LogP contribution in [-0.4, -0.2) is 36.3 Å². The minimum atomic E-state index is -0.315. The fourth-order valence-electron chi connectivity index (χ4n) is 2.35. The molecule has 112 valence electrons. The second kappa shape index (κ2) is 7.74. The van der Waals surface area contributed by atoms with Crippen LogP contribution in [0.5, 0.6) is 0 Å². The first-order valence-electron chi connectivity index (χ1n) is 7.34. The fraction of sp³-hybridized carbons (Fsp3) is 0.412. The first-order valence-corrected chi connectivity index (χ1v) is 7.34. The van der Waals surface area contributed by atoms with E-state index in [0.717, 1.165) is 25.2 Å². The lowest BCUT2D eigenvalue weighted by atomic mass is 10.0. The number of carbonyl (C=O) groups excluding carboxylic acids is 2. The molecule has 0 atom stereocenters. The molecule has 0 saturated carbocycles. The van der Waals surface area contributed by atoms with Gasteiger partial charge in [0.2, 0.25) is 0 Å². The van der Waals surface area contributed by atoms with Gasteiger partial charge in [-0.05, 0) is 18.6 Å². The quantitative estimate of drug-likeness (QED) is 0.439. The molecule has 0 aliphatic carbocycles. The van der Waals surface area contributed by atoms with E-state index in [0.29, 0.717) is 12.2 Å². The number of rotatable bonds is 7. The van der Waals surface area contributed by atoms with Crippen molar-refractivity contribution in [2.75, 3.05) is 19.7 Å². The summed E-state index contributed by atoms with van der Waals surface area (Å²) in [4.78, 5) is 25.7. The van der Waals surface area contributed by atoms with Gasteiger partial charge in [0.05, 0.1) is 13.0 Å². The van der Waals surface area contributed by atoms with Gasteiger partial charge in [-0.25, -0.2) is 0 Å². The van der Waals surface area contributed by atoms with E-state index in [-0.39, 0.29) is 24.6 Å². The molecule has 4 heteroatoms. The molecule has 0 aromatic heterocycles. The first-order chi connectivity index (χ1) is 10.2. The van der Waals surface area contributed by atoms with Crippen LogP contribution in [0.2, 0.25) is 0 Å². The zero-order valence-corrected chi connectivity index (χ0v) is 12.4. The van der Waals surface area contributed by atoms with Gasteiger partial charge < -0.3 is 4.74 Å². The van der Waals surface area contributed by atoms with Crippen LogP contribution in [0.15, 0.2) is 36.4 Å². The normalized spacial score (nSPS) is 14.3. The molecule has 0 radical (unpaired) electrons. The van der Waals surface area contributed by atoms with Crippen molar-refractivity contribution in [2.24, 2.45) is 0 Å². The number of benzene rings is 1. The second-order valence-corrected chi connectivity index (χ2v) is 5.09. The maximum atomic E-state index is 12.1. The van der Waals surface area contributed by atoms with Crippen molar-refractivity contribution in [1.82, 2.24) is 4.90 Å². The van der Waals surface area contributed by atoms with Crippen LogP contribution < -0.4 is 0 Å². The van der Waals surface area contributed by atoms with E-state index in [4.69, 9.17) is 4.74 Å². The molecule has 2 rings (SSSR count). The van der Waals surface area contributed by atoms with Crippen LogP contribution in [0.4, 0.5) is 0 Å². The maximum absolute atomic E-state index is 12.1. The zero-order chi connectivity index (χ0) is 15.1. The molecule has 0 fully saturated rings. The molecule has 0 saturated heterocycles. The van der Waals surface area contributed by atoms with Crippen molar-refractivity contribution in [3.63, 3.8) is 0 Å². The van der Waals surface area contributed by atoms with Crippen LogP contribution in [0.25, 0.3) is 0 Å². The van der Waals surface area contributed by atoms with Crippen molar-refractivity contribution in [1.29, 1.82) is 0 Å². The van der Waals surface area contributed by atoms with Crippen molar-refractivity contribution in [3.05, 3.63) is 47.5 Å². The highest BCUT2D eigenvalue weighted by Crippen LogP contribution is 2.13. The molecular weight excluding hydrogens is 266 g/mol. The van der Waals surface area contributed by atoms with Gasteiger partial charge in [0.1, 0.15) is 0 Å². The summed E-state index contributed by atoms with van der Waals surface area (Å²) in [7, 11) is 0. The Morgan fingerprint density at radius 2 is 1.95 bits per heavy atom. The number of ketones is 1. The Bertz CT molecular complexity index is 529. The lowest BCUT2D eigenvalue weighted by Gasteiger charge is -2.15. The molecule has 1 heterocycles. The number of hydrogen-bond acceptors (Lipinski definition) is 4. The first kappa shape index (κ1) is 15.4. The molecule has 0 unspecified atom stereocenters. The van der Waals surface area contributed by atoms with E-state index in [9.17, 15) is 9.59 Å². The summed E-state index contributed by atoms with van der Waals surface area (Å²) >= 11 is 0. The Hall–Kier alpha value is -1.94. The molecule has 1 aliphatic heterocycles. The van der Waals surface area contributed by atoms with Crippen molar-refractivity contribution in [3.8, 4) is 0 Å². The Morgan fingerprint density at radius 1 is 1.19 bits per heavy atom. The van der Waals surface area contributed by atoms with Gasteiger partial charge in [-0.2, -0.15) is 0 Å². The van der Waals surface area contributed by atoms with Gasteiger partial charge in [-0.1, -0.05) is 30.4 Å². The lowest BCUT2D eigenvalue weighted by Crippen LogP contribution is -2.19. The summed E-state index contributed by atoms with van der Waals surface area (Å²) in [6.07, 6.45) is 4.64. The summed E-state index contributed by atoms with van der Waals surface area (Å²) in [6, 6.07) is 7.65. The number of carbonyl (C=O) groups is 2. The Balaban J connectivity index is 1.90. The molecule has 0 bridgehead atoms. The molecule has 1 aromatic carbocycles. The van der Waals surface area contributed by atoms with Crippen LogP contribution in [0, 0.1) is 0 Å². The Kier molecular flexibility index (Phi) is 5.69. The minimum absolute atomic E-state index is 0.00977. The predicted octanol–water partition coefficient (Wildman–Crippen LogP) is 2.58. The standard InChI is InChI=1S/C17H21NO3/c1-2-21-17(20)9-8-16(19)15-7-5-6-14(12-15)13-18-10-3-4-11-18/h3-7,12H,2,8-11,13H2,1H3. The molecule has 21 heavy (non-hydrogen) atoms. The number of nitrogens with zero attached hydrogens (tertiary/aromatic N) is 1. The maximum Gasteiger partial charge on any atom is 0.306 e.